The van der Waals surface area contributed by atoms with Gasteiger partial charge in [0.1, 0.15) is 4.60 Å². The molecule has 0 aromatic carbocycles. The molecule has 0 unspecified atom stereocenters. The lowest BCUT2D eigenvalue weighted by atomic mass is 9.92. The average Bonchev–Trinajstić information content (AvgIpc) is 2.99. The molecule has 1 N–H and O–H groups in total. The molecule has 1 aromatic heterocycles. The topological polar surface area (TPSA) is 24.9 Å². The number of nitrogens with one attached hydrogen (secondary N) is 1. The zero-order valence-electron chi connectivity index (χ0n) is 9.96. The molecule has 0 atom stereocenters. The maximum Gasteiger partial charge on any atom is 0.106 e. The van der Waals surface area contributed by atoms with Gasteiger partial charge in [0.2, 0.25) is 0 Å². The van der Waals surface area contributed by atoms with Gasteiger partial charge in [-0.25, -0.2) is 4.98 Å². The Morgan fingerprint density at radius 3 is 2.75 bits per heavy atom. The molecule has 1 aliphatic rings. The van der Waals surface area contributed by atoms with Gasteiger partial charge in [0.15, 0.2) is 0 Å². The van der Waals surface area contributed by atoms with Crippen molar-refractivity contribution in [3.63, 3.8) is 0 Å². The number of hydrogen-bond donors (Lipinski definition) is 1. The van der Waals surface area contributed by atoms with Gasteiger partial charge in [0.05, 0.1) is 5.69 Å². The summed E-state index contributed by atoms with van der Waals surface area (Å²) in [7, 11) is 0. The first-order valence-corrected chi connectivity index (χ1v) is 6.74. The lowest BCUT2D eigenvalue weighted by Gasteiger charge is -2.19. The van der Waals surface area contributed by atoms with Crippen LogP contribution in [0.4, 0.5) is 0 Å². The second-order valence-electron chi connectivity index (χ2n) is 5.07. The van der Waals surface area contributed by atoms with Crippen molar-refractivity contribution in [3.05, 3.63) is 28.5 Å². The molecule has 0 bridgehead atoms. The Bertz CT molecular complexity index is 359. The fourth-order valence-corrected chi connectivity index (χ4v) is 2.49. The maximum absolute atomic E-state index is 4.41. The number of hydrogen-bond acceptors (Lipinski definition) is 2. The number of rotatable bonds is 5. The molecule has 3 heteroatoms. The molecule has 2 nitrogen and oxygen atoms in total. The molecule has 0 spiro atoms. The molecule has 0 aliphatic heterocycles. The minimum absolute atomic E-state index is 0.575. The SMILES string of the molecule is CC(C)C1(CNCc2cccc(Br)n2)CC1. The van der Waals surface area contributed by atoms with Crippen LogP contribution in [0.2, 0.25) is 0 Å². The lowest BCUT2D eigenvalue weighted by Crippen LogP contribution is -2.27. The molecule has 1 saturated carbocycles. The van der Waals surface area contributed by atoms with Crippen molar-refractivity contribution in [3.8, 4) is 0 Å². The number of halogens is 1. The summed E-state index contributed by atoms with van der Waals surface area (Å²) >= 11 is 3.39. The minimum atomic E-state index is 0.575. The van der Waals surface area contributed by atoms with Crippen LogP contribution >= 0.6 is 15.9 Å². The largest absolute Gasteiger partial charge is 0.311 e. The molecule has 0 radical (unpaired) electrons. The van der Waals surface area contributed by atoms with Gasteiger partial charge in [-0.15, -0.1) is 0 Å². The Kier molecular flexibility index (Phi) is 3.65. The van der Waals surface area contributed by atoms with E-state index in [0.29, 0.717) is 5.41 Å². The molecule has 1 heterocycles. The molecule has 0 saturated heterocycles. The van der Waals surface area contributed by atoms with Gasteiger partial charge in [-0.3, -0.25) is 0 Å². The summed E-state index contributed by atoms with van der Waals surface area (Å²) in [6, 6.07) is 6.05. The van der Waals surface area contributed by atoms with E-state index < -0.39 is 0 Å². The third kappa shape index (κ3) is 2.83. The predicted molar refractivity (Wildman–Crippen MR) is 70.1 cm³/mol. The third-order valence-electron chi connectivity index (χ3n) is 3.67. The molecule has 2 rings (SSSR count). The number of pyridine rings is 1. The van der Waals surface area contributed by atoms with E-state index in [-0.39, 0.29) is 0 Å². The highest BCUT2D eigenvalue weighted by Gasteiger charge is 2.44. The van der Waals surface area contributed by atoms with Gasteiger partial charge in [0, 0.05) is 13.1 Å². The fourth-order valence-electron chi connectivity index (χ4n) is 2.11. The monoisotopic (exact) mass is 282 g/mol. The van der Waals surface area contributed by atoms with Crippen LogP contribution in [0.5, 0.6) is 0 Å². The van der Waals surface area contributed by atoms with Crippen LogP contribution in [0.25, 0.3) is 0 Å². The first-order chi connectivity index (χ1) is 7.62. The maximum atomic E-state index is 4.41. The molecule has 16 heavy (non-hydrogen) atoms. The van der Waals surface area contributed by atoms with Crippen molar-refractivity contribution in [1.29, 1.82) is 0 Å². The molecule has 88 valence electrons. The van der Waals surface area contributed by atoms with Crippen LogP contribution in [-0.4, -0.2) is 11.5 Å². The summed E-state index contributed by atoms with van der Waals surface area (Å²) in [6.07, 6.45) is 2.76. The summed E-state index contributed by atoms with van der Waals surface area (Å²) < 4.78 is 0.914. The highest BCUT2D eigenvalue weighted by Crippen LogP contribution is 2.51. The van der Waals surface area contributed by atoms with Crippen LogP contribution in [0.1, 0.15) is 32.4 Å². The first kappa shape index (κ1) is 12.1. The van der Waals surface area contributed by atoms with Gasteiger partial charge in [-0.2, -0.15) is 0 Å². The Morgan fingerprint density at radius 2 is 2.19 bits per heavy atom. The highest BCUT2D eigenvalue weighted by atomic mass is 79.9. The first-order valence-electron chi connectivity index (χ1n) is 5.94. The van der Waals surface area contributed by atoms with Crippen molar-refractivity contribution in [2.45, 2.75) is 33.2 Å². The lowest BCUT2D eigenvalue weighted by molar-refractivity contribution is 0.337. The highest BCUT2D eigenvalue weighted by molar-refractivity contribution is 9.10. The van der Waals surface area contributed by atoms with Crippen molar-refractivity contribution >= 4 is 15.9 Å². The van der Waals surface area contributed by atoms with Gasteiger partial charge in [0.25, 0.3) is 0 Å². The van der Waals surface area contributed by atoms with Crippen LogP contribution in [0.15, 0.2) is 22.8 Å². The Labute approximate surface area is 106 Å². The smallest absolute Gasteiger partial charge is 0.106 e. The summed E-state index contributed by atoms with van der Waals surface area (Å²) in [5, 5.41) is 3.53. The van der Waals surface area contributed by atoms with Gasteiger partial charge < -0.3 is 5.32 Å². The summed E-state index contributed by atoms with van der Waals surface area (Å²) in [5.74, 6) is 0.787. The van der Waals surface area contributed by atoms with Crippen molar-refractivity contribution in [2.75, 3.05) is 6.54 Å². The summed E-state index contributed by atoms with van der Waals surface area (Å²) in [6.45, 7) is 6.64. The van der Waals surface area contributed by atoms with Crippen LogP contribution in [0.3, 0.4) is 0 Å². The minimum Gasteiger partial charge on any atom is -0.311 e. The van der Waals surface area contributed by atoms with Crippen LogP contribution in [0, 0.1) is 11.3 Å². The third-order valence-corrected chi connectivity index (χ3v) is 4.11. The zero-order chi connectivity index (χ0) is 11.6. The molecular formula is C13H19BrN2. The van der Waals surface area contributed by atoms with Gasteiger partial charge in [-0.1, -0.05) is 19.9 Å². The average molecular weight is 283 g/mol. The summed E-state index contributed by atoms with van der Waals surface area (Å²) in [5.41, 5.74) is 1.68. The Morgan fingerprint density at radius 1 is 1.44 bits per heavy atom. The van der Waals surface area contributed by atoms with Gasteiger partial charge in [-0.05, 0) is 52.2 Å². The summed E-state index contributed by atoms with van der Waals surface area (Å²) in [4.78, 5) is 4.41. The van der Waals surface area contributed by atoms with Crippen LogP contribution < -0.4 is 5.32 Å². The Balaban J connectivity index is 1.80. The van der Waals surface area contributed by atoms with E-state index in [1.165, 1.54) is 12.8 Å². The Hall–Kier alpha value is -0.410. The fraction of sp³-hybridized carbons (Fsp3) is 0.615. The molecule has 1 aromatic rings. The van der Waals surface area contributed by atoms with Crippen molar-refractivity contribution in [2.24, 2.45) is 11.3 Å². The number of nitrogens with zero attached hydrogens (tertiary/aromatic N) is 1. The zero-order valence-corrected chi connectivity index (χ0v) is 11.5. The van der Waals surface area contributed by atoms with E-state index in [1.54, 1.807) is 0 Å². The standard InChI is InChI=1S/C13H19BrN2/c1-10(2)13(6-7-13)9-15-8-11-4-3-5-12(14)16-11/h3-5,10,15H,6-9H2,1-2H3. The predicted octanol–water partition coefficient (Wildman–Crippen LogP) is 3.37. The number of aromatic nitrogens is 1. The van der Waals surface area contributed by atoms with Gasteiger partial charge >= 0.3 is 0 Å². The molecule has 1 fully saturated rings. The van der Waals surface area contributed by atoms with E-state index in [2.05, 4.69) is 46.1 Å². The van der Waals surface area contributed by atoms with E-state index in [1.807, 2.05) is 12.1 Å². The van der Waals surface area contributed by atoms with Crippen LogP contribution in [-0.2, 0) is 6.54 Å². The normalized spacial score (nSPS) is 17.8. The van der Waals surface area contributed by atoms with E-state index in [4.69, 9.17) is 0 Å². The quantitative estimate of drug-likeness (QED) is 0.838. The molecule has 0 amide bonds. The second kappa shape index (κ2) is 4.84. The van der Waals surface area contributed by atoms with E-state index in [9.17, 15) is 0 Å². The van der Waals surface area contributed by atoms with E-state index >= 15 is 0 Å². The second-order valence-corrected chi connectivity index (χ2v) is 5.88. The van der Waals surface area contributed by atoms with E-state index in [0.717, 1.165) is 29.3 Å². The molecule has 1 aliphatic carbocycles. The molecular weight excluding hydrogens is 264 g/mol. The van der Waals surface area contributed by atoms with Crippen molar-refractivity contribution in [1.82, 2.24) is 10.3 Å². The van der Waals surface area contributed by atoms with Crippen molar-refractivity contribution < 1.29 is 0 Å².